The van der Waals surface area contributed by atoms with Crippen LogP contribution in [0.3, 0.4) is 0 Å². The molecule has 3 rings (SSSR count). The fraction of sp³-hybridized carbons (Fsp3) is 0.500. The predicted molar refractivity (Wildman–Crippen MR) is 92.1 cm³/mol. The summed E-state index contributed by atoms with van der Waals surface area (Å²) in [5, 5.41) is 8.34. The van der Waals surface area contributed by atoms with Gasteiger partial charge in [0.05, 0.1) is 0 Å². The van der Waals surface area contributed by atoms with E-state index in [1.807, 2.05) is 0 Å². The van der Waals surface area contributed by atoms with Crippen LogP contribution in [0.5, 0.6) is 0 Å². The van der Waals surface area contributed by atoms with Crippen LogP contribution in [-0.4, -0.2) is 43.5 Å². The van der Waals surface area contributed by atoms with Crippen LogP contribution in [0.25, 0.3) is 0 Å². The SMILES string of the molecule is O=C(NCCNC(=O)C1CCCO1)c1ccc(NC(=O)C2CC2)cc1. The lowest BCUT2D eigenvalue weighted by Gasteiger charge is -2.11. The van der Waals surface area contributed by atoms with Crippen molar-refractivity contribution in [2.75, 3.05) is 25.0 Å². The Morgan fingerprint density at radius 2 is 1.68 bits per heavy atom. The molecular formula is C18H23N3O4. The third-order valence-corrected chi connectivity index (χ3v) is 4.29. The molecule has 1 atom stereocenters. The van der Waals surface area contributed by atoms with Crippen LogP contribution in [0.4, 0.5) is 5.69 Å². The molecular weight excluding hydrogens is 322 g/mol. The summed E-state index contributed by atoms with van der Waals surface area (Å²) in [6.07, 6.45) is 3.22. The lowest BCUT2D eigenvalue weighted by atomic mass is 10.2. The second-order valence-corrected chi connectivity index (χ2v) is 6.39. The van der Waals surface area contributed by atoms with Gasteiger partial charge < -0.3 is 20.7 Å². The molecule has 1 heterocycles. The summed E-state index contributed by atoms with van der Waals surface area (Å²) < 4.78 is 5.29. The van der Waals surface area contributed by atoms with Gasteiger partial charge in [0.2, 0.25) is 11.8 Å². The van der Waals surface area contributed by atoms with E-state index in [9.17, 15) is 14.4 Å². The molecule has 0 aromatic heterocycles. The van der Waals surface area contributed by atoms with Gasteiger partial charge in [-0.3, -0.25) is 14.4 Å². The maximum Gasteiger partial charge on any atom is 0.251 e. The minimum absolute atomic E-state index is 0.0409. The Morgan fingerprint density at radius 3 is 2.32 bits per heavy atom. The molecule has 1 saturated heterocycles. The van der Waals surface area contributed by atoms with Crippen LogP contribution in [0.15, 0.2) is 24.3 Å². The number of hydrogen-bond donors (Lipinski definition) is 3. The van der Waals surface area contributed by atoms with Gasteiger partial charge in [-0.05, 0) is 49.9 Å². The van der Waals surface area contributed by atoms with E-state index in [0.717, 1.165) is 25.7 Å². The first-order valence-corrected chi connectivity index (χ1v) is 8.72. The normalized spacial score (nSPS) is 19.3. The lowest BCUT2D eigenvalue weighted by Crippen LogP contribution is -2.39. The van der Waals surface area contributed by atoms with Gasteiger partial charge in [0.1, 0.15) is 6.10 Å². The largest absolute Gasteiger partial charge is 0.368 e. The number of amides is 3. The molecule has 1 aliphatic carbocycles. The highest BCUT2D eigenvalue weighted by Gasteiger charge is 2.29. The van der Waals surface area contributed by atoms with E-state index in [-0.39, 0.29) is 29.7 Å². The van der Waals surface area contributed by atoms with E-state index in [4.69, 9.17) is 4.74 Å². The fourth-order valence-electron chi connectivity index (χ4n) is 2.66. The number of benzene rings is 1. The third-order valence-electron chi connectivity index (χ3n) is 4.29. The number of hydrogen-bond acceptors (Lipinski definition) is 4. The van der Waals surface area contributed by atoms with E-state index in [1.165, 1.54) is 0 Å². The van der Waals surface area contributed by atoms with Crippen molar-refractivity contribution >= 4 is 23.4 Å². The molecule has 0 spiro atoms. The summed E-state index contributed by atoms with van der Waals surface area (Å²) in [5.41, 5.74) is 1.20. The molecule has 7 heteroatoms. The highest BCUT2D eigenvalue weighted by Crippen LogP contribution is 2.30. The second-order valence-electron chi connectivity index (χ2n) is 6.39. The Kier molecular flexibility index (Phi) is 5.65. The van der Waals surface area contributed by atoms with Gasteiger partial charge in [-0.25, -0.2) is 0 Å². The molecule has 7 nitrogen and oxygen atoms in total. The van der Waals surface area contributed by atoms with Crippen LogP contribution in [0.1, 0.15) is 36.0 Å². The zero-order valence-corrected chi connectivity index (χ0v) is 14.0. The van der Waals surface area contributed by atoms with Crippen molar-refractivity contribution in [1.29, 1.82) is 0 Å². The molecule has 0 radical (unpaired) electrons. The zero-order chi connectivity index (χ0) is 17.6. The smallest absolute Gasteiger partial charge is 0.251 e. The molecule has 1 saturated carbocycles. The van der Waals surface area contributed by atoms with Crippen molar-refractivity contribution in [1.82, 2.24) is 10.6 Å². The van der Waals surface area contributed by atoms with E-state index in [2.05, 4.69) is 16.0 Å². The van der Waals surface area contributed by atoms with Crippen LogP contribution in [-0.2, 0) is 14.3 Å². The molecule has 1 aromatic rings. The first-order chi connectivity index (χ1) is 12.1. The number of nitrogens with one attached hydrogen (secondary N) is 3. The molecule has 1 unspecified atom stereocenters. The molecule has 1 aliphatic heterocycles. The molecule has 25 heavy (non-hydrogen) atoms. The Bertz CT molecular complexity index is 634. The third kappa shape index (κ3) is 5.03. The quantitative estimate of drug-likeness (QED) is 0.644. The summed E-state index contributed by atoms with van der Waals surface area (Å²) in [5.74, 6) is -0.152. The van der Waals surface area contributed by atoms with Crippen LogP contribution in [0, 0.1) is 5.92 Å². The first-order valence-electron chi connectivity index (χ1n) is 8.72. The van der Waals surface area contributed by atoms with Crippen molar-refractivity contribution < 1.29 is 19.1 Å². The van der Waals surface area contributed by atoms with Gasteiger partial charge in [0.15, 0.2) is 0 Å². The van der Waals surface area contributed by atoms with Gasteiger partial charge in [0, 0.05) is 36.9 Å². The fourth-order valence-corrected chi connectivity index (χ4v) is 2.66. The highest BCUT2D eigenvalue weighted by molar-refractivity contribution is 5.96. The number of carbonyl (C=O) groups excluding carboxylic acids is 3. The zero-order valence-electron chi connectivity index (χ0n) is 14.0. The summed E-state index contributed by atoms with van der Waals surface area (Å²) in [4.78, 5) is 35.5. The van der Waals surface area contributed by atoms with Crippen molar-refractivity contribution in [2.24, 2.45) is 5.92 Å². The van der Waals surface area contributed by atoms with Gasteiger partial charge >= 0.3 is 0 Å². The predicted octanol–water partition coefficient (Wildman–Crippen LogP) is 1.06. The van der Waals surface area contributed by atoms with Crippen molar-refractivity contribution in [3.05, 3.63) is 29.8 Å². The van der Waals surface area contributed by atoms with E-state index in [1.54, 1.807) is 24.3 Å². The van der Waals surface area contributed by atoms with Gasteiger partial charge in [-0.15, -0.1) is 0 Å². The van der Waals surface area contributed by atoms with Gasteiger partial charge in [-0.2, -0.15) is 0 Å². The summed E-state index contributed by atoms with van der Waals surface area (Å²) >= 11 is 0. The number of anilines is 1. The summed E-state index contributed by atoms with van der Waals surface area (Å²) in [6.45, 7) is 1.34. The molecule has 2 aliphatic rings. The lowest BCUT2D eigenvalue weighted by molar-refractivity contribution is -0.130. The number of carbonyl (C=O) groups is 3. The highest BCUT2D eigenvalue weighted by atomic mass is 16.5. The molecule has 0 bridgehead atoms. The summed E-state index contributed by atoms with van der Waals surface area (Å²) in [7, 11) is 0. The average molecular weight is 345 g/mol. The maximum absolute atomic E-state index is 12.1. The van der Waals surface area contributed by atoms with E-state index >= 15 is 0 Å². The van der Waals surface area contributed by atoms with Crippen LogP contribution in [0.2, 0.25) is 0 Å². The first kappa shape index (κ1) is 17.4. The average Bonchev–Trinajstić information content (AvgIpc) is 3.33. The van der Waals surface area contributed by atoms with E-state index < -0.39 is 0 Å². The van der Waals surface area contributed by atoms with Crippen LogP contribution < -0.4 is 16.0 Å². The topological polar surface area (TPSA) is 96.5 Å². The number of rotatable bonds is 7. The standard InChI is InChI=1S/C18H23N3O4/c22-16(19-9-10-20-18(24)15-2-1-11-25-15)12-5-7-14(8-6-12)21-17(23)13-3-4-13/h5-8,13,15H,1-4,9-11H2,(H,19,22)(H,20,24)(H,21,23). The van der Waals surface area contributed by atoms with E-state index in [0.29, 0.717) is 30.9 Å². The monoisotopic (exact) mass is 345 g/mol. The van der Waals surface area contributed by atoms with Crippen molar-refractivity contribution in [3.8, 4) is 0 Å². The van der Waals surface area contributed by atoms with Crippen molar-refractivity contribution in [3.63, 3.8) is 0 Å². The van der Waals surface area contributed by atoms with Gasteiger partial charge in [0.25, 0.3) is 5.91 Å². The molecule has 1 aromatic carbocycles. The maximum atomic E-state index is 12.1. The Balaban J connectivity index is 1.37. The Hall–Kier alpha value is -2.41. The second kappa shape index (κ2) is 8.11. The Labute approximate surface area is 146 Å². The molecule has 3 N–H and O–H groups in total. The molecule has 2 fully saturated rings. The minimum Gasteiger partial charge on any atom is -0.368 e. The molecule has 3 amide bonds. The molecule has 134 valence electrons. The number of ether oxygens (including phenoxy) is 1. The summed E-state index contributed by atoms with van der Waals surface area (Å²) in [6, 6.07) is 6.77. The minimum atomic E-state index is -0.353. The van der Waals surface area contributed by atoms with Crippen molar-refractivity contribution in [2.45, 2.75) is 31.8 Å². The van der Waals surface area contributed by atoms with Crippen LogP contribution >= 0.6 is 0 Å². The Morgan fingerprint density at radius 1 is 0.960 bits per heavy atom. The van der Waals surface area contributed by atoms with Gasteiger partial charge in [-0.1, -0.05) is 0 Å².